The van der Waals surface area contributed by atoms with Crippen LogP contribution in [0.3, 0.4) is 0 Å². The third-order valence-electron chi connectivity index (χ3n) is 3.44. The summed E-state index contributed by atoms with van der Waals surface area (Å²) in [5, 5.41) is 0. The number of nitrogens with one attached hydrogen (secondary N) is 1. The standard InChI is InChI=1S/C16H20BrN3O/c1-10-6-11(2)16(19-9-10)14(20-18)8-12-4-5-15(21-3)13(17)7-12/h4-7,9,14,20H,8,18H2,1-3H3. The summed E-state index contributed by atoms with van der Waals surface area (Å²) >= 11 is 3.51. The quantitative estimate of drug-likeness (QED) is 0.642. The lowest BCUT2D eigenvalue weighted by atomic mass is 10.00. The van der Waals surface area contributed by atoms with Gasteiger partial charge in [-0.25, -0.2) is 0 Å². The van der Waals surface area contributed by atoms with Crippen LogP contribution in [0.4, 0.5) is 0 Å². The maximum Gasteiger partial charge on any atom is 0.133 e. The maximum absolute atomic E-state index is 5.73. The van der Waals surface area contributed by atoms with E-state index < -0.39 is 0 Å². The average molecular weight is 350 g/mol. The summed E-state index contributed by atoms with van der Waals surface area (Å²) < 4.78 is 6.19. The molecule has 0 saturated carbocycles. The number of aryl methyl sites for hydroxylation is 2. The van der Waals surface area contributed by atoms with E-state index in [1.807, 2.05) is 31.3 Å². The summed E-state index contributed by atoms with van der Waals surface area (Å²) in [5.74, 6) is 6.55. The van der Waals surface area contributed by atoms with Gasteiger partial charge >= 0.3 is 0 Å². The van der Waals surface area contributed by atoms with Crippen molar-refractivity contribution in [1.82, 2.24) is 10.4 Å². The Balaban J connectivity index is 2.24. The van der Waals surface area contributed by atoms with Crippen molar-refractivity contribution in [2.24, 2.45) is 5.84 Å². The minimum Gasteiger partial charge on any atom is -0.496 e. The van der Waals surface area contributed by atoms with Gasteiger partial charge in [-0.05, 0) is 65.0 Å². The molecule has 1 aromatic heterocycles. The number of aromatic nitrogens is 1. The number of hydrogen-bond acceptors (Lipinski definition) is 4. The van der Waals surface area contributed by atoms with Crippen LogP contribution in [0.2, 0.25) is 0 Å². The first-order valence-corrected chi connectivity index (χ1v) is 7.56. The molecule has 21 heavy (non-hydrogen) atoms. The second kappa shape index (κ2) is 7.02. The van der Waals surface area contributed by atoms with Gasteiger partial charge in [0.25, 0.3) is 0 Å². The normalized spacial score (nSPS) is 12.2. The molecule has 1 heterocycles. The van der Waals surface area contributed by atoms with E-state index in [1.54, 1.807) is 7.11 Å². The highest BCUT2D eigenvalue weighted by Gasteiger charge is 2.15. The van der Waals surface area contributed by atoms with Gasteiger partial charge in [-0.3, -0.25) is 16.3 Å². The van der Waals surface area contributed by atoms with Crippen molar-refractivity contribution < 1.29 is 4.74 Å². The average Bonchev–Trinajstić information content (AvgIpc) is 2.45. The van der Waals surface area contributed by atoms with Crippen LogP contribution in [0.25, 0.3) is 0 Å². The number of pyridine rings is 1. The highest BCUT2D eigenvalue weighted by molar-refractivity contribution is 9.10. The topological polar surface area (TPSA) is 60.2 Å². The fourth-order valence-electron chi connectivity index (χ4n) is 2.40. The van der Waals surface area contributed by atoms with Crippen molar-refractivity contribution in [3.63, 3.8) is 0 Å². The van der Waals surface area contributed by atoms with E-state index in [-0.39, 0.29) is 6.04 Å². The molecule has 0 radical (unpaired) electrons. The molecule has 0 spiro atoms. The highest BCUT2D eigenvalue weighted by Crippen LogP contribution is 2.28. The van der Waals surface area contributed by atoms with Crippen molar-refractivity contribution in [2.45, 2.75) is 26.3 Å². The molecule has 0 fully saturated rings. The van der Waals surface area contributed by atoms with Crippen LogP contribution >= 0.6 is 15.9 Å². The first-order valence-electron chi connectivity index (χ1n) is 6.77. The van der Waals surface area contributed by atoms with Crippen molar-refractivity contribution in [3.05, 3.63) is 57.3 Å². The van der Waals surface area contributed by atoms with Crippen LogP contribution in [-0.2, 0) is 6.42 Å². The molecule has 0 amide bonds. The largest absolute Gasteiger partial charge is 0.496 e. The molecular weight excluding hydrogens is 330 g/mol. The van der Waals surface area contributed by atoms with Gasteiger partial charge in [-0.15, -0.1) is 0 Å². The summed E-state index contributed by atoms with van der Waals surface area (Å²) in [4.78, 5) is 4.52. The predicted molar refractivity (Wildman–Crippen MR) is 88.2 cm³/mol. The van der Waals surface area contributed by atoms with Gasteiger partial charge < -0.3 is 4.74 Å². The van der Waals surface area contributed by atoms with E-state index in [4.69, 9.17) is 10.6 Å². The van der Waals surface area contributed by atoms with Crippen molar-refractivity contribution in [3.8, 4) is 5.75 Å². The lowest BCUT2D eigenvalue weighted by Crippen LogP contribution is -2.30. The molecule has 0 aliphatic rings. The zero-order valence-electron chi connectivity index (χ0n) is 12.5. The second-order valence-corrected chi connectivity index (χ2v) is 5.96. The van der Waals surface area contributed by atoms with Gasteiger partial charge in [-0.1, -0.05) is 12.1 Å². The smallest absolute Gasteiger partial charge is 0.133 e. The number of ether oxygens (including phenoxy) is 1. The first-order chi connectivity index (χ1) is 10.0. The maximum atomic E-state index is 5.73. The molecule has 2 aromatic rings. The van der Waals surface area contributed by atoms with Crippen LogP contribution in [0.1, 0.15) is 28.4 Å². The number of nitrogens with zero attached hydrogens (tertiary/aromatic N) is 1. The van der Waals surface area contributed by atoms with E-state index >= 15 is 0 Å². The van der Waals surface area contributed by atoms with Gasteiger partial charge in [0.2, 0.25) is 0 Å². The molecule has 3 N–H and O–H groups in total. The van der Waals surface area contributed by atoms with Crippen LogP contribution in [0.5, 0.6) is 5.75 Å². The Kier molecular flexibility index (Phi) is 5.33. The SMILES string of the molecule is COc1ccc(CC(NN)c2ncc(C)cc2C)cc1Br. The van der Waals surface area contributed by atoms with Gasteiger partial charge in [0.15, 0.2) is 0 Å². The third kappa shape index (κ3) is 3.81. The van der Waals surface area contributed by atoms with Gasteiger partial charge in [0, 0.05) is 6.20 Å². The number of halogens is 1. The van der Waals surface area contributed by atoms with E-state index in [0.717, 1.165) is 39.0 Å². The molecule has 1 aromatic carbocycles. The van der Waals surface area contributed by atoms with Gasteiger partial charge in [-0.2, -0.15) is 0 Å². The molecule has 1 unspecified atom stereocenters. The Morgan fingerprint density at radius 2 is 2.10 bits per heavy atom. The minimum atomic E-state index is -0.0223. The van der Waals surface area contributed by atoms with E-state index in [9.17, 15) is 0 Å². The lowest BCUT2D eigenvalue weighted by Gasteiger charge is -2.18. The number of nitrogens with two attached hydrogens (primary N) is 1. The van der Waals surface area contributed by atoms with Crippen molar-refractivity contribution in [1.29, 1.82) is 0 Å². The molecular formula is C16H20BrN3O. The minimum absolute atomic E-state index is 0.0223. The lowest BCUT2D eigenvalue weighted by molar-refractivity contribution is 0.412. The molecule has 0 saturated heterocycles. The molecule has 4 nitrogen and oxygen atoms in total. The van der Waals surface area contributed by atoms with E-state index in [1.165, 1.54) is 0 Å². The number of methoxy groups -OCH3 is 1. The van der Waals surface area contributed by atoms with Gasteiger partial charge in [0.1, 0.15) is 5.75 Å². The van der Waals surface area contributed by atoms with E-state index in [0.29, 0.717) is 0 Å². The van der Waals surface area contributed by atoms with Crippen LogP contribution in [0.15, 0.2) is 34.9 Å². The summed E-state index contributed by atoms with van der Waals surface area (Å²) in [5.41, 5.74) is 7.30. The Labute approximate surface area is 133 Å². The molecule has 2 rings (SSSR count). The zero-order valence-corrected chi connectivity index (χ0v) is 14.1. The highest BCUT2D eigenvalue weighted by atomic mass is 79.9. The monoisotopic (exact) mass is 349 g/mol. The van der Waals surface area contributed by atoms with Crippen molar-refractivity contribution in [2.75, 3.05) is 7.11 Å². The number of rotatable bonds is 5. The predicted octanol–water partition coefficient (Wildman–Crippen LogP) is 3.22. The number of hydrogen-bond donors (Lipinski definition) is 2. The first kappa shape index (κ1) is 15.9. The summed E-state index contributed by atoms with van der Waals surface area (Å²) in [7, 11) is 1.66. The van der Waals surface area contributed by atoms with E-state index in [2.05, 4.69) is 39.3 Å². The molecule has 112 valence electrons. The number of hydrazine groups is 1. The summed E-state index contributed by atoms with van der Waals surface area (Å²) in [6.07, 6.45) is 2.63. The Hall–Kier alpha value is -1.43. The fraction of sp³-hybridized carbons (Fsp3) is 0.312. The number of benzene rings is 1. The zero-order chi connectivity index (χ0) is 15.4. The summed E-state index contributed by atoms with van der Waals surface area (Å²) in [6, 6.07) is 8.13. The third-order valence-corrected chi connectivity index (χ3v) is 4.06. The van der Waals surface area contributed by atoms with Gasteiger partial charge in [0.05, 0.1) is 23.3 Å². The second-order valence-electron chi connectivity index (χ2n) is 5.11. The van der Waals surface area contributed by atoms with Crippen molar-refractivity contribution >= 4 is 15.9 Å². The molecule has 5 heteroatoms. The Bertz CT molecular complexity index is 631. The molecule has 0 bridgehead atoms. The Morgan fingerprint density at radius 1 is 1.33 bits per heavy atom. The molecule has 0 aliphatic carbocycles. The summed E-state index contributed by atoms with van der Waals surface area (Å²) in [6.45, 7) is 4.10. The Morgan fingerprint density at radius 3 is 2.67 bits per heavy atom. The van der Waals surface area contributed by atoms with Crippen LogP contribution in [-0.4, -0.2) is 12.1 Å². The molecule has 0 aliphatic heterocycles. The fourth-order valence-corrected chi connectivity index (χ4v) is 2.99. The molecule has 1 atom stereocenters. The van der Waals surface area contributed by atoms with Crippen LogP contribution < -0.4 is 16.0 Å². The van der Waals surface area contributed by atoms with Crippen LogP contribution in [0, 0.1) is 13.8 Å².